The van der Waals surface area contributed by atoms with E-state index in [1.807, 2.05) is 0 Å². The van der Waals surface area contributed by atoms with Gasteiger partial charge >= 0.3 is 0 Å². The molecule has 0 saturated carbocycles. The predicted molar refractivity (Wildman–Crippen MR) is 226 cm³/mol. The average molecular weight is 702 g/mol. The molecule has 0 heterocycles. The molecule has 8 aromatic rings. The molecule has 260 valence electrons. The smallest absolute Gasteiger partial charge is 0.0719 e. The summed E-state index contributed by atoms with van der Waals surface area (Å²) in [7, 11) is 0. The molecule has 4 aliphatic carbocycles. The van der Waals surface area contributed by atoms with Crippen molar-refractivity contribution in [2.75, 3.05) is 11.4 Å². The molecule has 2 spiro atoms. The fraction of sp³-hybridized carbons (Fsp3) is 0.111. The van der Waals surface area contributed by atoms with Crippen LogP contribution in [0.15, 0.2) is 182 Å². The number of nitrogens with zero attached hydrogens (tertiary/aromatic N) is 1. The topological polar surface area (TPSA) is 3.24 Å². The van der Waals surface area contributed by atoms with Gasteiger partial charge in [-0.25, -0.2) is 0 Å². The molecule has 8 aromatic carbocycles. The summed E-state index contributed by atoms with van der Waals surface area (Å²) in [5, 5.41) is 0. The molecule has 0 bridgehead atoms. The Morgan fingerprint density at radius 2 is 0.800 bits per heavy atom. The van der Waals surface area contributed by atoms with Gasteiger partial charge in [0.25, 0.3) is 0 Å². The predicted octanol–water partition coefficient (Wildman–Crippen LogP) is 12.4. The highest BCUT2D eigenvalue weighted by molar-refractivity contribution is 5.90. The number of benzene rings is 8. The number of fused-ring (bicyclic) bond motifs is 18. The molecule has 4 aliphatic rings. The molecule has 0 radical (unpaired) electrons. The van der Waals surface area contributed by atoms with Gasteiger partial charge in [-0.1, -0.05) is 164 Å². The Bertz CT molecular complexity index is 2800. The number of hydrogen-bond acceptors (Lipinski definition) is 1. The van der Waals surface area contributed by atoms with Crippen LogP contribution < -0.4 is 4.90 Å². The zero-order valence-electron chi connectivity index (χ0n) is 30.9. The van der Waals surface area contributed by atoms with Crippen molar-refractivity contribution in [2.45, 2.75) is 30.6 Å². The Balaban J connectivity index is 1.10. The molecule has 55 heavy (non-hydrogen) atoms. The van der Waals surface area contributed by atoms with Crippen molar-refractivity contribution in [1.82, 2.24) is 0 Å². The second-order valence-electron chi connectivity index (χ2n) is 15.7. The lowest BCUT2D eigenvalue weighted by molar-refractivity contribution is 0.718. The molecule has 12 rings (SSSR count). The summed E-state index contributed by atoms with van der Waals surface area (Å²) < 4.78 is 0. The average Bonchev–Trinajstić information content (AvgIpc) is 3.70. The van der Waals surface area contributed by atoms with Crippen molar-refractivity contribution < 1.29 is 0 Å². The lowest BCUT2D eigenvalue weighted by atomic mass is 9.61. The number of rotatable bonds is 3. The highest BCUT2D eigenvalue weighted by atomic mass is 15.1. The third-order valence-corrected chi connectivity index (χ3v) is 13.5. The van der Waals surface area contributed by atoms with E-state index in [0.717, 1.165) is 19.4 Å². The lowest BCUT2D eigenvalue weighted by Gasteiger charge is -2.42. The van der Waals surface area contributed by atoms with E-state index in [4.69, 9.17) is 0 Å². The van der Waals surface area contributed by atoms with Crippen LogP contribution in [-0.2, 0) is 23.7 Å². The minimum atomic E-state index is -0.386. The normalized spacial score (nSPS) is 15.2. The van der Waals surface area contributed by atoms with Crippen LogP contribution in [0.2, 0.25) is 0 Å². The summed E-state index contributed by atoms with van der Waals surface area (Å²) in [6.45, 7) is 3.17. The highest BCUT2D eigenvalue weighted by Crippen LogP contribution is 2.62. The minimum absolute atomic E-state index is 0.381. The first kappa shape index (κ1) is 31.0. The molecule has 0 unspecified atom stereocenters. The van der Waals surface area contributed by atoms with E-state index in [2.05, 4.69) is 194 Å². The van der Waals surface area contributed by atoms with Gasteiger partial charge in [0.15, 0.2) is 0 Å². The van der Waals surface area contributed by atoms with Crippen molar-refractivity contribution in [3.8, 4) is 22.3 Å². The van der Waals surface area contributed by atoms with Gasteiger partial charge in [-0.15, -0.1) is 0 Å². The van der Waals surface area contributed by atoms with Gasteiger partial charge in [0, 0.05) is 24.3 Å². The molecule has 1 heteroatoms. The van der Waals surface area contributed by atoms with E-state index in [9.17, 15) is 0 Å². The van der Waals surface area contributed by atoms with Crippen LogP contribution >= 0.6 is 0 Å². The van der Waals surface area contributed by atoms with Crippen molar-refractivity contribution in [3.05, 3.63) is 249 Å². The molecular formula is C54H39N. The second kappa shape index (κ2) is 11.3. The van der Waals surface area contributed by atoms with Crippen LogP contribution in [0.3, 0.4) is 0 Å². The van der Waals surface area contributed by atoms with E-state index < -0.39 is 0 Å². The molecule has 0 saturated heterocycles. The Morgan fingerprint density at radius 3 is 1.33 bits per heavy atom. The van der Waals surface area contributed by atoms with E-state index in [1.54, 1.807) is 0 Å². The Labute approximate surface area is 323 Å². The monoisotopic (exact) mass is 701 g/mol. The molecule has 0 aromatic heterocycles. The van der Waals surface area contributed by atoms with E-state index in [-0.39, 0.29) is 10.8 Å². The van der Waals surface area contributed by atoms with E-state index in [1.165, 1.54) is 100 Å². The molecule has 0 amide bonds. The quantitative estimate of drug-likeness (QED) is 0.177. The summed E-state index contributed by atoms with van der Waals surface area (Å²) in [4.78, 5) is 2.59. The summed E-state index contributed by atoms with van der Waals surface area (Å²) in [5.41, 5.74) is 24.0. The maximum absolute atomic E-state index is 2.59. The zero-order valence-corrected chi connectivity index (χ0v) is 30.9. The van der Waals surface area contributed by atoms with Gasteiger partial charge in [-0.2, -0.15) is 0 Å². The summed E-state index contributed by atoms with van der Waals surface area (Å²) >= 11 is 0. The lowest BCUT2D eigenvalue weighted by Crippen LogP contribution is -2.35. The summed E-state index contributed by atoms with van der Waals surface area (Å²) in [5.74, 6) is 0. The zero-order chi connectivity index (χ0) is 36.3. The standard InChI is InChI=1S/C54H39N/c1-2-55(38-31-30-37-32-35-16-3-9-22-44(35)54(51(37)34-38)48-26-13-7-20-41(48)42-21-8-14-27-49(42)54)52-29-15-28-50-43(52)33-36-17-4-10-23-45(36)53(50)46-24-11-5-18-39(46)40-19-6-12-25-47(40)53/h3-31,34H,2,32-33H2,1H3. The van der Waals surface area contributed by atoms with Crippen LogP contribution in [-0.4, -0.2) is 6.54 Å². The Morgan fingerprint density at radius 1 is 0.382 bits per heavy atom. The SMILES string of the molecule is CCN(c1ccc2c(c1)C1(c3ccccc3C2)c2ccccc2-c2ccccc21)c1cccc2c1Cc1ccccc1C21c2ccccc2-c2ccccc21. The summed E-state index contributed by atoms with van der Waals surface area (Å²) in [6.07, 6.45) is 1.83. The van der Waals surface area contributed by atoms with Crippen LogP contribution in [0.25, 0.3) is 22.3 Å². The van der Waals surface area contributed by atoms with Crippen LogP contribution in [0.5, 0.6) is 0 Å². The van der Waals surface area contributed by atoms with Crippen LogP contribution in [0.1, 0.15) is 73.7 Å². The van der Waals surface area contributed by atoms with Gasteiger partial charge in [0.05, 0.1) is 10.8 Å². The fourth-order valence-electron chi connectivity index (χ4n) is 11.5. The Kier molecular flexibility index (Phi) is 6.36. The molecule has 0 atom stereocenters. The van der Waals surface area contributed by atoms with Crippen molar-refractivity contribution >= 4 is 11.4 Å². The summed E-state index contributed by atoms with van der Waals surface area (Å²) in [6, 6.07) is 69.4. The number of anilines is 2. The second-order valence-corrected chi connectivity index (χ2v) is 15.7. The first-order valence-corrected chi connectivity index (χ1v) is 19.8. The van der Waals surface area contributed by atoms with Crippen LogP contribution in [0.4, 0.5) is 11.4 Å². The third-order valence-electron chi connectivity index (χ3n) is 13.5. The first-order valence-electron chi connectivity index (χ1n) is 19.8. The molecule has 0 aliphatic heterocycles. The van der Waals surface area contributed by atoms with Gasteiger partial charge in [-0.3, -0.25) is 0 Å². The van der Waals surface area contributed by atoms with Gasteiger partial charge in [0.1, 0.15) is 0 Å². The highest BCUT2D eigenvalue weighted by Gasteiger charge is 2.51. The molecular weight excluding hydrogens is 663 g/mol. The van der Waals surface area contributed by atoms with E-state index >= 15 is 0 Å². The maximum Gasteiger partial charge on any atom is 0.0719 e. The van der Waals surface area contributed by atoms with Gasteiger partial charge in [0.2, 0.25) is 0 Å². The maximum atomic E-state index is 2.59. The van der Waals surface area contributed by atoms with Crippen LogP contribution in [0, 0.1) is 0 Å². The van der Waals surface area contributed by atoms with Gasteiger partial charge in [-0.05, 0) is 121 Å². The first-order chi connectivity index (χ1) is 27.2. The van der Waals surface area contributed by atoms with Crippen molar-refractivity contribution in [3.63, 3.8) is 0 Å². The molecule has 0 fully saturated rings. The minimum Gasteiger partial charge on any atom is -0.342 e. The van der Waals surface area contributed by atoms with Crippen molar-refractivity contribution in [1.29, 1.82) is 0 Å². The molecule has 1 nitrogen and oxygen atoms in total. The Hall–Kier alpha value is -6.44. The molecule has 0 N–H and O–H groups in total. The third kappa shape index (κ3) is 3.83. The largest absolute Gasteiger partial charge is 0.342 e. The van der Waals surface area contributed by atoms with Gasteiger partial charge < -0.3 is 4.90 Å². The fourth-order valence-corrected chi connectivity index (χ4v) is 11.5. The van der Waals surface area contributed by atoms with E-state index in [0.29, 0.717) is 0 Å². The van der Waals surface area contributed by atoms with Crippen molar-refractivity contribution in [2.24, 2.45) is 0 Å². The number of hydrogen-bond donors (Lipinski definition) is 0.